The van der Waals surface area contributed by atoms with Gasteiger partial charge in [-0.05, 0) is 36.6 Å². The lowest BCUT2D eigenvalue weighted by atomic mass is 10.1. The fraction of sp³-hybridized carbons (Fsp3) is 0.263. The summed E-state index contributed by atoms with van der Waals surface area (Å²) >= 11 is 0. The van der Waals surface area contributed by atoms with E-state index in [1.165, 1.54) is 11.1 Å². The lowest BCUT2D eigenvalue weighted by Gasteiger charge is -2.08. The molecule has 2 heterocycles. The summed E-state index contributed by atoms with van der Waals surface area (Å²) in [6.07, 6.45) is 5.52. The summed E-state index contributed by atoms with van der Waals surface area (Å²) in [4.78, 5) is 16.3. The molecule has 2 amide bonds. The topological polar surface area (TPSA) is 58.4 Å². The summed E-state index contributed by atoms with van der Waals surface area (Å²) in [5, 5.41) is 5.77. The number of nitrogens with zero attached hydrogens (tertiary/aromatic N) is 2. The van der Waals surface area contributed by atoms with Crippen LogP contribution in [-0.4, -0.2) is 28.5 Å². The Hall–Kier alpha value is -2.82. The Labute approximate surface area is 141 Å². The minimum absolute atomic E-state index is 0.132. The minimum atomic E-state index is -0.132. The number of rotatable bonds is 6. The number of urea groups is 1. The third-order valence-electron chi connectivity index (χ3n) is 4.02. The first-order chi connectivity index (χ1) is 11.7. The quantitative estimate of drug-likeness (QED) is 0.733. The number of imidazole rings is 1. The molecule has 0 radical (unpaired) electrons. The second-order valence-corrected chi connectivity index (χ2v) is 5.81. The number of aromatic nitrogens is 2. The molecule has 1 aromatic carbocycles. The number of nitrogens with one attached hydrogen (secondary N) is 2. The maximum absolute atomic E-state index is 11.8. The first-order valence-corrected chi connectivity index (χ1v) is 8.21. The van der Waals surface area contributed by atoms with Crippen molar-refractivity contribution in [2.75, 3.05) is 13.1 Å². The van der Waals surface area contributed by atoms with Crippen LogP contribution >= 0.6 is 0 Å². The van der Waals surface area contributed by atoms with Gasteiger partial charge >= 0.3 is 6.03 Å². The molecular weight excluding hydrogens is 300 g/mol. The highest BCUT2D eigenvalue weighted by atomic mass is 16.2. The molecule has 0 aliphatic carbocycles. The van der Waals surface area contributed by atoms with E-state index in [9.17, 15) is 4.79 Å². The van der Waals surface area contributed by atoms with E-state index in [1.807, 2.05) is 47.1 Å². The zero-order valence-corrected chi connectivity index (χ0v) is 13.8. The number of aryl methyl sites for hydroxylation is 1. The van der Waals surface area contributed by atoms with Crippen molar-refractivity contribution in [1.82, 2.24) is 20.0 Å². The fourth-order valence-electron chi connectivity index (χ4n) is 2.68. The highest BCUT2D eigenvalue weighted by Gasteiger charge is 2.03. The number of amides is 2. The van der Waals surface area contributed by atoms with Crippen LogP contribution in [-0.2, 0) is 12.8 Å². The number of hydrogen-bond acceptors (Lipinski definition) is 2. The smallest absolute Gasteiger partial charge is 0.314 e. The van der Waals surface area contributed by atoms with Crippen LogP contribution in [0.25, 0.3) is 5.65 Å². The Morgan fingerprint density at radius 3 is 2.58 bits per heavy atom. The molecule has 5 heteroatoms. The lowest BCUT2D eigenvalue weighted by Crippen LogP contribution is -2.37. The van der Waals surface area contributed by atoms with Crippen LogP contribution in [0.3, 0.4) is 0 Å². The third-order valence-corrected chi connectivity index (χ3v) is 4.02. The lowest BCUT2D eigenvalue weighted by molar-refractivity contribution is 0.241. The van der Waals surface area contributed by atoms with Crippen molar-refractivity contribution in [2.24, 2.45) is 0 Å². The van der Waals surface area contributed by atoms with Gasteiger partial charge < -0.3 is 15.0 Å². The molecule has 0 bridgehead atoms. The maximum Gasteiger partial charge on any atom is 0.314 e. The molecule has 124 valence electrons. The standard InChI is InChI=1S/C19H22N4O/c1-15-6-2-3-7-16(15)9-11-20-19(24)21-12-10-17-14-23-13-5-4-8-18(23)22-17/h2-8,13-14H,9-12H2,1H3,(H2,20,21,24). The van der Waals surface area contributed by atoms with Gasteiger partial charge in [-0.25, -0.2) is 9.78 Å². The van der Waals surface area contributed by atoms with Gasteiger partial charge in [-0.3, -0.25) is 0 Å². The van der Waals surface area contributed by atoms with E-state index in [1.54, 1.807) is 0 Å². The molecule has 2 aromatic heterocycles. The average Bonchev–Trinajstić information content (AvgIpc) is 2.99. The number of pyridine rings is 1. The molecule has 0 aliphatic rings. The first-order valence-electron chi connectivity index (χ1n) is 8.21. The maximum atomic E-state index is 11.8. The van der Waals surface area contributed by atoms with Crippen molar-refractivity contribution in [3.05, 3.63) is 71.7 Å². The van der Waals surface area contributed by atoms with Crippen LogP contribution in [0.5, 0.6) is 0 Å². The molecule has 0 aliphatic heterocycles. The Morgan fingerprint density at radius 1 is 1.04 bits per heavy atom. The van der Waals surface area contributed by atoms with Crippen LogP contribution in [0.4, 0.5) is 4.79 Å². The predicted molar refractivity (Wildman–Crippen MR) is 95.2 cm³/mol. The molecule has 0 fully saturated rings. The Bertz CT molecular complexity index is 792. The normalized spacial score (nSPS) is 10.7. The zero-order valence-electron chi connectivity index (χ0n) is 13.8. The van der Waals surface area contributed by atoms with Crippen LogP contribution in [0.1, 0.15) is 16.8 Å². The second-order valence-electron chi connectivity index (χ2n) is 5.81. The number of carbonyl (C=O) groups is 1. The summed E-state index contributed by atoms with van der Waals surface area (Å²) in [5.74, 6) is 0. The number of hydrogen-bond donors (Lipinski definition) is 2. The van der Waals surface area contributed by atoms with Crippen LogP contribution in [0.15, 0.2) is 54.9 Å². The van der Waals surface area contributed by atoms with Crippen molar-refractivity contribution < 1.29 is 4.79 Å². The molecule has 0 saturated heterocycles. The largest absolute Gasteiger partial charge is 0.338 e. The van der Waals surface area contributed by atoms with Gasteiger partial charge in [0.1, 0.15) is 5.65 Å². The zero-order chi connectivity index (χ0) is 16.8. The van der Waals surface area contributed by atoms with E-state index >= 15 is 0 Å². The summed E-state index contributed by atoms with van der Waals surface area (Å²) in [5.41, 5.74) is 4.42. The van der Waals surface area contributed by atoms with Crippen LogP contribution in [0.2, 0.25) is 0 Å². The van der Waals surface area contributed by atoms with Gasteiger partial charge in [0.2, 0.25) is 0 Å². The summed E-state index contributed by atoms with van der Waals surface area (Å²) < 4.78 is 1.98. The minimum Gasteiger partial charge on any atom is -0.338 e. The van der Waals surface area contributed by atoms with Gasteiger partial charge in [-0.15, -0.1) is 0 Å². The Balaban J connectivity index is 1.39. The SMILES string of the molecule is Cc1ccccc1CCNC(=O)NCCc1cn2ccccc2n1. The van der Waals surface area contributed by atoms with Gasteiger partial charge in [0.15, 0.2) is 0 Å². The van der Waals surface area contributed by atoms with E-state index in [4.69, 9.17) is 0 Å². The summed E-state index contributed by atoms with van der Waals surface area (Å²) in [6, 6.07) is 14.0. The molecule has 3 rings (SSSR count). The van der Waals surface area contributed by atoms with Crippen molar-refractivity contribution >= 4 is 11.7 Å². The number of carbonyl (C=O) groups excluding carboxylic acids is 1. The highest BCUT2D eigenvalue weighted by molar-refractivity contribution is 5.73. The highest BCUT2D eigenvalue weighted by Crippen LogP contribution is 2.07. The van der Waals surface area contributed by atoms with Crippen LogP contribution in [0, 0.1) is 6.92 Å². The Morgan fingerprint density at radius 2 is 1.79 bits per heavy atom. The van der Waals surface area contributed by atoms with E-state index < -0.39 is 0 Å². The second kappa shape index (κ2) is 7.64. The molecular formula is C19H22N4O. The molecule has 0 saturated carbocycles. The molecule has 2 N–H and O–H groups in total. The number of fused-ring (bicyclic) bond motifs is 1. The molecule has 3 aromatic rings. The monoisotopic (exact) mass is 322 g/mol. The van der Waals surface area contributed by atoms with Crippen LogP contribution < -0.4 is 10.6 Å². The van der Waals surface area contributed by atoms with E-state index in [2.05, 4.69) is 34.7 Å². The molecule has 0 unspecified atom stereocenters. The molecule has 24 heavy (non-hydrogen) atoms. The van der Waals surface area contributed by atoms with Gasteiger partial charge in [-0.1, -0.05) is 30.3 Å². The molecule has 0 spiro atoms. The average molecular weight is 322 g/mol. The number of benzene rings is 1. The van der Waals surface area contributed by atoms with E-state index in [-0.39, 0.29) is 6.03 Å². The Kier molecular flexibility index (Phi) is 5.11. The fourth-order valence-corrected chi connectivity index (χ4v) is 2.68. The predicted octanol–water partition coefficient (Wildman–Crippen LogP) is 2.73. The first kappa shape index (κ1) is 16.1. The van der Waals surface area contributed by atoms with E-state index in [0.717, 1.165) is 17.8 Å². The summed E-state index contributed by atoms with van der Waals surface area (Å²) in [6.45, 7) is 3.29. The third kappa shape index (κ3) is 4.13. The molecule has 5 nitrogen and oxygen atoms in total. The van der Waals surface area contributed by atoms with Gasteiger partial charge in [-0.2, -0.15) is 0 Å². The molecule has 0 atom stereocenters. The van der Waals surface area contributed by atoms with Gasteiger partial charge in [0, 0.05) is 31.9 Å². The van der Waals surface area contributed by atoms with Crippen molar-refractivity contribution in [3.8, 4) is 0 Å². The summed E-state index contributed by atoms with van der Waals surface area (Å²) in [7, 11) is 0. The van der Waals surface area contributed by atoms with Gasteiger partial charge in [0.05, 0.1) is 5.69 Å². The van der Waals surface area contributed by atoms with Crippen molar-refractivity contribution in [2.45, 2.75) is 19.8 Å². The van der Waals surface area contributed by atoms with Crippen molar-refractivity contribution in [1.29, 1.82) is 0 Å². The van der Waals surface area contributed by atoms with E-state index in [0.29, 0.717) is 19.5 Å². The van der Waals surface area contributed by atoms with Crippen molar-refractivity contribution in [3.63, 3.8) is 0 Å². The van der Waals surface area contributed by atoms with Gasteiger partial charge in [0.25, 0.3) is 0 Å².